The van der Waals surface area contributed by atoms with Crippen molar-refractivity contribution in [3.8, 4) is 0 Å². The number of hydrogen-bond donors (Lipinski definition) is 2. The number of piperidine rings is 1. The summed E-state index contributed by atoms with van der Waals surface area (Å²) in [5, 5.41) is 14.8. The molecule has 0 unspecified atom stereocenters. The van der Waals surface area contributed by atoms with Crippen molar-refractivity contribution in [1.82, 2.24) is 19.4 Å². The van der Waals surface area contributed by atoms with E-state index in [9.17, 15) is 18.3 Å². The number of halogens is 3. The highest BCUT2D eigenvalue weighted by Crippen LogP contribution is 2.33. The van der Waals surface area contributed by atoms with E-state index >= 15 is 0 Å². The maximum atomic E-state index is 12.8. The van der Waals surface area contributed by atoms with Gasteiger partial charge in [-0.1, -0.05) is 6.07 Å². The van der Waals surface area contributed by atoms with Crippen LogP contribution in [0.25, 0.3) is 21.1 Å². The second-order valence-electron chi connectivity index (χ2n) is 8.89. The Morgan fingerprint density at radius 2 is 1.94 bits per heavy atom. The average Bonchev–Trinajstić information content (AvgIpc) is 3.33. The van der Waals surface area contributed by atoms with Crippen LogP contribution in [-0.2, 0) is 19.7 Å². The van der Waals surface area contributed by atoms with Crippen LogP contribution in [-0.4, -0.2) is 49.8 Å². The topological polar surface area (TPSA) is 66.2 Å². The molecule has 10 heteroatoms. The molecule has 1 aromatic carbocycles. The summed E-state index contributed by atoms with van der Waals surface area (Å²) in [5.41, 5.74) is 3.31. The summed E-state index contributed by atoms with van der Waals surface area (Å²) < 4.78 is 40.3. The summed E-state index contributed by atoms with van der Waals surface area (Å²) in [6.07, 6.45) is -1.92. The van der Waals surface area contributed by atoms with Gasteiger partial charge in [-0.25, -0.2) is 9.97 Å². The average molecular weight is 490 g/mol. The van der Waals surface area contributed by atoms with Crippen LogP contribution < -0.4 is 5.32 Å². The van der Waals surface area contributed by atoms with Crippen LogP contribution in [0, 0.1) is 6.92 Å². The number of benzene rings is 1. The number of nitrogens with zero attached hydrogens (tertiary/aromatic N) is 4. The van der Waals surface area contributed by atoms with Crippen molar-refractivity contribution in [3.63, 3.8) is 0 Å². The highest BCUT2D eigenvalue weighted by molar-refractivity contribution is 7.18. The largest absolute Gasteiger partial charge is 0.393 e. The standard InChI is InChI=1S/C24H26F3N5OS/c1-15-8-17-9-16(2-3-21(17)32(15)14-33)12-31-6-4-18(5-7-31)30-22-20-10-19(11-24(25,26)27)34-23(20)29-13-28-22/h2-3,8-10,13,18,33H,4-7,11-12,14H2,1H3,(H,28,29,30). The van der Waals surface area contributed by atoms with E-state index in [0.717, 1.165) is 60.4 Å². The van der Waals surface area contributed by atoms with Crippen LogP contribution >= 0.6 is 11.3 Å². The van der Waals surface area contributed by atoms with E-state index in [-0.39, 0.29) is 17.6 Å². The van der Waals surface area contributed by atoms with Crippen molar-refractivity contribution >= 4 is 38.3 Å². The lowest BCUT2D eigenvalue weighted by molar-refractivity contribution is -0.126. The third kappa shape index (κ3) is 4.89. The fraction of sp³-hybridized carbons (Fsp3) is 0.417. The summed E-state index contributed by atoms with van der Waals surface area (Å²) in [5.74, 6) is 0.613. The van der Waals surface area contributed by atoms with E-state index in [4.69, 9.17) is 0 Å². The number of hydrogen-bond acceptors (Lipinski definition) is 6. The Bertz CT molecular complexity index is 1310. The predicted molar refractivity (Wildman–Crippen MR) is 128 cm³/mol. The highest BCUT2D eigenvalue weighted by atomic mass is 32.1. The molecule has 5 rings (SSSR count). The molecule has 34 heavy (non-hydrogen) atoms. The molecule has 1 saturated heterocycles. The van der Waals surface area contributed by atoms with E-state index in [1.54, 1.807) is 6.07 Å². The molecule has 0 amide bonds. The Balaban J connectivity index is 1.21. The lowest BCUT2D eigenvalue weighted by Gasteiger charge is -2.32. The van der Waals surface area contributed by atoms with Gasteiger partial charge in [-0.15, -0.1) is 11.3 Å². The van der Waals surface area contributed by atoms with Gasteiger partial charge in [0.05, 0.1) is 17.3 Å². The SMILES string of the molecule is Cc1cc2cc(CN3CCC(Nc4ncnc5sc(CC(F)(F)F)cc45)CC3)ccc2n1CO. The number of aliphatic hydroxyl groups is 1. The monoisotopic (exact) mass is 489 g/mol. The Morgan fingerprint density at radius 3 is 2.68 bits per heavy atom. The predicted octanol–water partition coefficient (Wildman–Crippen LogP) is 5.09. The Labute approximate surface area is 199 Å². The molecule has 2 N–H and O–H groups in total. The third-order valence-electron chi connectivity index (χ3n) is 6.40. The number of likely N-dealkylation sites (tertiary alicyclic amines) is 1. The Hall–Kier alpha value is -2.69. The van der Waals surface area contributed by atoms with E-state index in [0.29, 0.717) is 16.0 Å². The zero-order valence-corrected chi connectivity index (χ0v) is 19.6. The summed E-state index contributed by atoms with van der Waals surface area (Å²) in [7, 11) is 0. The van der Waals surface area contributed by atoms with Gasteiger partial charge in [0.15, 0.2) is 0 Å². The molecular formula is C24H26F3N5OS. The molecule has 1 aliphatic rings. The molecular weight excluding hydrogens is 463 g/mol. The maximum absolute atomic E-state index is 12.8. The van der Waals surface area contributed by atoms with E-state index in [1.165, 1.54) is 11.9 Å². The van der Waals surface area contributed by atoms with Gasteiger partial charge in [0.2, 0.25) is 0 Å². The molecule has 0 radical (unpaired) electrons. The summed E-state index contributed by atoms with van der Waals surface area (Å²) in [6, 6.07) is 10.2. The summed E-state index contributed by atoms with van der Waals surface area (Å²) >= 11 is 1.07. The first-order valence-electron chi connectivity index (χ1n) is 11.3. The van der Waals surface area contributed by atoms with E-state index in [1.807, 2.05) is 11.5 Å². The first kappa shape index (κ1) is 23.1. The summed E-state index contributed by atoms with van der Waals surface area (Å²) in [4.78, 5) is 11.7. The maximum Gasteiger partial charge on any atom is 0.393 e. The van der Waals surface area contributed by atoms with Gasteiger partial charge < -0.3 is 15.0 Å². The molecule has 1 fully saturated rings. The molecule has 4 aromatic rings. The number of aromatic nitrogens is 3. The molecule has 0 atom stereocenters. The van der Waals surface area contributed by atoms with Crippen LogP contribution in [0.3, 0.4) is 0 Å². The van der Waals surface area contributed by atoms with Crippen molar-refractivity contribution in [1.29, 1.82) is 0 Å². The quantitative estimate of drug-likeness (QED) is 0.395. The fourth-order valence-corrected chi connectivity index (χ4v) is 5.76. The van der Waals surface area contributed by atoms with Gasteiger partial charge in [-0.3, -0.25) is 4.90 Å². The molecule has 0 aliphatic carbocycles. The molecule has 6 nitrogen and oxygen atoms in total. The second-order valence-corrected chi connectivity index (χ2v) is 10.0. The van der Waals surface area contributed by atoms with Gasteiger partial charge in [-0.2, -0.15) is 13.2 Å². The summed E-state index contributed by atoms with van der Waals surface area (Å²) in [6.45, 7) is 4.66. The number of fused-ring (bicyclic) bond motifs is 2. The minimum Gasteiger partial charge on any atom is -0.376 e. The molecule has 3 aromatic heterocycles. The van der Waals surface area contributed by atoms with Gasteiger partial charge in [-0.05, 0) is 49.6 Å². The third-order valence-corrected chi connectivity index (χ3v) is 7.45. The van der Waals surface area contributed by atoms with Gasteiger partial charge in [0, 0.05) is 41.6 Å². The molecule has 0 spiro atoms. The lowest BCUT2D eigenvalue weighted by atomic mass is 10.0. The molecule has 0 saturated carbocycles. The number of rotatable bonds is 6. The number of anilines is 1. The van der Waals surface area contributed by atoms with Crippen molar-refractivity contribution < 1.29 is 18.3 Å². The van der Waals surface area contributed by atoms with Crippen LogP contribution in [0.1, 0.15) is 29.0 Å². The van der Waals surface area contributed by atoms with Gasteiger partial charge >= 0.3 is 6.18 Å². The second kappa shape index (κ2) is 9.16. The molecule has 4 heterocycles. The lowest BCUT2D eigenvalue weighted by Crippen LogP contribution is -2.38. The van der Waals surface area contributed by atoms with Crippen LogP contribution in [0.5, 0.6) is 0 Å². The molecule has 1 aliphatic heterocycles. The van der Waals surface area contributed by atoms with Crippen molar-refractivity contribution in [2.24, 2.45) is 0 Å². The van der Waals surface area contributed by atoms with E-state index in [2.05, 4.69) is 44.5 Å². The van der Waals surface area contributed by atoms with Crippen LogP contribution in [0.4, 0.5) is 19.0 Å². The minimum absolute atomic E-state index is 0.0249. The van der Waals surface area contributed by atoms with Crippen LogP contribution in [0.2, 0.25) is 0 Å². The Kier molecular flexibility index (Phi) is 6.22. The number of aryl methyl sites for hydroxylation is 1. The van der Waals surface area contributed by atoms with Crippen molar-refractivity contribution in [2.75, 3.05) is 18.4 Å². The smallest absolute Gasteiger partial charge is 0.376 e. The zero-order valence-electron chi connectivity index (χ0n) is 18.8. The van der Waals surface area contributed by atoms with E-state index < -0.39 is 12.6 Å². The van der Waals surface area contributed by atoms with Crippen LogP contribution in [0.15, 0.2) is 36.7 Å². The van der Waals surface area contributed by atoms with Gasteiger partial charge in [0.25, 0.3) is 0 Å². The van der Waals surface area contributed by atoms with Crippen molar-refractivity contribution in [2.45, 2.75) is 51.7 Å². The Morgan fingerprint density at radius 1 is 1.15 bits per heavy atom. The van der Waals surface area contributed by atoms with Crippen molar-refractivity contribution in [3.05, 3.63) is 52.8 Å². The first-order chi connectivity index (χ1) is 16.3. The highest BCUT2D eigenvalue weighted by Gasteiger charge is 2.29. The molecule has 180 valence electrons. The number of aliphatic hydroxyl groups excluding tert-OH is 1. The zero-order chi connectivity index (χ0) is 23.9. The number of alkyl halides is 3. The first-order valence-corrected chi connectivity index (χ1v) is 12.1. The number of thiophene rings is 1. The van der Waals surface area contributed by atoms with Gasteiger partial charge in [0.1, 0.15) is 23.7 Å². The fourth-order valence-electron chi connectivity index (χ4n) is 4.74. The molecule has 0 bridgehead atoms. The normalized spacial score (nSPS) is 16.0. The number of nitrogens with one attached hydrogen (secondary N) is 1. The minimum atomic E-state index is -4.24.